The van der Waals surface area contributed by atoms with E-state index in [9.17, 15) is 4.79 Å². The van der Waals surface area contributed by atoms with Crippen molar-refractivity contribution in [3.05, 3.63) is 0 Å². The molecule has 1 aromatic heterocycles. The Morgan fingerprint density at radius 2 is 1.90 bits per heavy atom. The third-order valence-corrected chi connectivity index (χ3v) is 3.27. The number of amides is 1. The number of nitrogens with one attached hydrogen (secondary N) is 1. The minimum Gasteiger partial charge on any atom is -0.467 e. The Kier molecular flexibility index (Phi) is 4.54. The molecular weight excluding hydrogens is 262 g/mol. The molecule has 0 aliphatic carbocycles. The van der Waals surface area contributed by atoms with Gasteiger partial charge in [0.25, 0.3) is 0 Å². The summed E-state index contributed by atoms with van der Waals surface area (Å²) in [5.41, 5.74) is 0. The Morgan fingerprint density at radius 3 is 2.45 bits per heavy atom. The van der Waals surface area contributed by atoms with Gasteiger partial charge in [0, 0.05) is 20.1 Å². The second-order valence-corrected chi connectivity index (χ2v) is 4.51. The first-order valence-corrected chi connectivity index (χ1v) is 6.48. The molecule has 1 atom stereocenters. The van der Waals surface area contributed by atoms with Gasteiger partial charge < -0.3 is 19.7 Å². The number of aromatic nitrogens is 3. The maximum atomic E-state index is 11.7. The van der Waals surface area contributed by atoms with Crippen molar-refractivity contribution < 1.29 is 14.3 Å². The lowest BCUT2D eigenvalue weighted by Gasteiger charge is -2.31. The number of anilines is 1. The third kappa shape index (κ3) is 3.06. The van der Waals surface area contributed by atoms with Gasteiger partial charge in [-0.3, -0.25) is 4.79 Å². The lowest BCUT2D eigenvalue weighted by atomic mass is 9.97. The van der Waals surface area contributed by atoms with Crippen LogP contribution in [0.3, 0.4) is 0 Å². The van der Waals surface area contributed by atoms with Crippen molar-refractivity contribution in [3.63, 3.8) is 0 Å². The average Bonchev–Trinajstić information content (AvgIpc) is 2.53. The molecule has 20 heavy (non-hydrogen) atoms. The standard InChI is InChI=1S/C12H19N5O3/c1-13-9(18)8-5-4-6-17(7-8)10-14-11(19-2)16-12(15-10)20-3/h8H,4-7H2,1-3H3,(H,13,18). The molecule has 1 aliphatic heterocycles. The fourth-order valence-corrected chi connectivity index (χ4v) is 2.23. The summed E-state index contributed by atoms with van der Waals surface area (Å²) in [6, 6.07) is 0.405. The van der Waals surface area contributed by atoms with Crippen LogP contribution >= 0.6 is 0 Å². The molecule has 2 rings (SSSR count). The highest BCUT2D eigenvalue weighted by Gasteiger charge is 2.27. The molecule has 0 spiro atoms. The fourth-order valence-electron chi connectivity index (χ4n) is 2.23. The maximum absolute atomic E-state index is 11.7. The molecule has 1 N–H and O–H groups in total. The number of carbonyl (C=O) groups is 1. The third-order valence-electron chi connectivity index (χ3n) is 3.27. The van der Waals surface area contributed by atoms with Crippen LogP contribution in [0, 0.1) is 5.92 Å². The highest BCUT2D eigenvalue weighted by molar-refractivity contribution is 5.79. The number of piperidine rings is 1. The van der Waals surface area contributed by atoms with Crippen LogP contribution in [0.1, 0.15) is 12.8 Å². The van der Waals surface area contributed by atoms with E-state index < -0.39 is 0 Å². The van der Waals surface area contributed by atoms with E-state index in [1.165, 1.54) is 14.2 Å². The zero-order valence-corrected chi connectivity index (χ0v) is 11.9. The summed E-state index contributed by atoms with van der Waals surface area (Å²) in [5.74, 6) is 0.465. The number of hydrogen-bond acceptors (Lipinski definition) is 7. The van der Waals surface area contributed by atoms with Crippen molar-refractivity contribution in [3.8, 4) is 12.0 Å². The number of rotatable bonds is 4. The molecule has 1 fully saturated rings. The smallest absolute Gasteiger partial charge is 0.324 e. The van der Waals surface area contributed by atoms with Crippen LogP contribution in [-0.2, 0) is 4.79 Å². The monoisotopic (exact) mass is 281 g/mol. The topological polar surface area (TPSA) is 89.5 Å². The largest absolute Gasteiger partial charge is 0.467 e. The summed E-state index contributed by atoms with van der Waals surface area (Å²) >= 11 is 0. The minimum atomic E-state index is -0.0532. The molecule has 1 amide bonds. The van der Waals surface area contributed by atoms with E-state index in [-0.39, 0.29) is 23.8 Å². The van der Waals surface area contributed by atoms with Gasteiger partial charge in [0.1, 0.15) is 0 Å². The Morgan fingerprint density at radius 1 is 1.25 bits per heavy atom. The maximum Gasteiger partial charge on any atom is 0.324 e. The van der Waals surface area contributed by atoms with Gasteiger partial charge in [-0.2, -0.15) is 9.97 Å². The molecule has 0 saturated carbocycles. The van der Waals surface area contributed by atoms with Gasteiger partial charge in [0.15, 0.2) is 0 Å². The van der Waals surface area contributed by atoms with Crippen molar-refractivity contribution in [1.29, 1.82) is 0 Å². The second kappa shape index (κ2) is 6.36. The molecule has 1 unspecified atom stereocenters. The number of nitrogens with zero attached hydrogens (tertiary/aromatic N) is 4. The summed E-state index contributed by atoms with van der Waals surface area (Å²) in [5, 5.41) is 2.68. The fraction of sp³-hybridized carbons (Fsp3) is 0.667. The molecule has 0 bridgehead atoms. The SMILES string of the molecule is CNC(=O)C1CCCN(c2nc(OC)nc(OC)n2)C1. The molecule has 8 heteroatoms. The summed E-state index contributed by atoms with van der Waals surface area (Å²) in [7, 11) is 4.63. The number of ether oxygens (including phenoxy) is 2. The molecule has 1 saturated heterocycles. The van der Waals surface area contributed by atoms with E-state index in [0.29, 0.717) is 12.5 Å². The van der Waals surface area contributed by atoms with Crippen LogP contribution in [0.2, 0.25) is 0 Å². The minimum absolute atomic E-state index is 0.0442. The predicted octanol–water partition coefficient (Wildman–Crippen LogP) is -0.149. The van der Waals surface area contributed by atoms with Gasteiger partial charge >= 0.3 is 12.0 Å². The first-order valence-electron chi connectivity index (χ1n) is 6.48. The van der Waals surface area contributed by atoms with Crippen LogP contribution in [-0.4, -0.2) is 55.2 Å². The Hall–Kier alpha value is -2.12. The van der Waals surface area contributed by atoms with Crippen LogP contribution < -0.4 is 19.7 Å². The average molecular weight is 281 g/mol. The van der Waals surface area contributed by atoms with Crippen molar-refractivity contribution in [2.75, 3.05) is 39.3 Å². The molecular formula is C12H19N5O3. The van der Waals surface area contributed by atoms with E-state index in [1.54, 1.807) is 7.05 Å². The van der Waals surface area contributed by atoms with Crippen LogP contribution in [0.5, 0.6) is 12.0 Å². The lowest BCUT2D eigenvalue weighted by molar-refractivity contribution is -0.124. The second-order valence-electron chi connectivity index (χ2n) is 4.51. The number of methoxy groups -OCH3 is 2. The highest BCUT2D eigenvalue weighted by Crippen LogP contribution is 2.23. The summed E-state index contributed by atoms with van der Waals surface area (Å²) in [6.07, 6.45) is 1.78. The molecule has 0 radical (unpaired) electrons. The van der Waals surface area contributed by atoms with Gasteiger partial charge in [0.05, 0.1) is 20.1 Å². The zero-order valence-electron chi connectivity index (χ0n) is 11.9. The van der Waals surface area contributed by atoms with E-state index in [2.05, 4.69) is 20.3 Å². The van der Waals surface area contributed by atoms with Gasteiger partial charge in [-0.05, 0) is 12.8 Å². The van der Waals surface area contributed by atoms with Gasteiger partial charge in [-0.25, -0.2) is 0 Å². The lowest BCUT2D eigenvalue weighted by Crippen LogP contribution is -2.42. The molecule has 110 valence electrons. The van der Waals surface area contributed by atoms with Gasteiger partial charge in [0.2, 0.25) is 11.9 Å². The quantitative estimate of drug-likeness (QED) is 0.821. The predicted molar refractivity (Wildman–Crippen MR) is 71.9 cm³/mol. The molecule has 8 nitrogen and oxygen atoms in total. The normalized spacial score (nSPS) is 18.6. The first-order chi connectivity index (χ1) is 9.67. The van der Waals surface area contributed by atoms with E-state index in [1.807, 2.05) is 4.90 Å². The summed E-state index contributed by atoms with van der Waals surface area (Å²) in [4.78, 5) is 26.1. The van der Waals surface area contributed by atoms with Crippen LogP contribution in [0.25, 0.3) is 0 Å². The van der Waals surface area contributed by atoms with E-state index in [0.717, 1.165) is 19.4 Å². The first kappa shape index (κ1) is 14.3. The van der Waals surface area contributed by atoms with Gasteiger partial charge in [-0.1, -0.05) is 0 Å². The molecule has 2 heterocycles. The Bertz CT molecular complexity index is 460. The number of hydrogen-bond donors (Lipinski definition) is 1. The van der Waals surface area contributed by atoms with E-state index in [4.69, 9.17) is 9.47 Å². The summed E-state index contributed by atoms with van der Waals surface area (Å²) < 4.78 is 10.1. The molecule has 0 aromatic carbocycles. The molecule has 1 aliphatic rings. The van der Waals surface area contributed by atoms with Gasteiger partial charge in [-0.15, -0.1) is 4.98 Å². The van der Waals surface area contributed by atoms with Crippen molar-refractivity contribution in [1.82, 2.24) is 20.3 Å². The van der Waals surface area contributed by atoms with Crippen molar-refractivity contribution in [2.45, 2.75) is 12.8 Å². The van der Waals surface area contributed by atoms with Crippen molar-refractivity contribution in [2.24, 2.45) is 5.92 Å². The van der Waals surface area contributed by atoms with E-state index >= 15 is 0 Å². The highest BCUT2D eigenvalue weighted by atomic mass is 16.5. The Labute approximate surface area is 117 Å². The van der Waals surface area contributed by atoms with Crippen LogP contribution in [0.4, 0.5) is 5.95 Å². The number of carbonyl (C=O) groups excluding carboxylic acids is 1. The van der Waals surface area contributed by atoms with Crippen molar-refractivity contribution >= 4 is 11.9 Å². The zero-order chi connectivity index (χ0) is 14.5. The van der Waals surface area contributed by atoms with Crippen LogP contribution in [0.15, 0.2) is 0 Å². The Balaban J connectivity index is 2.19. The molecule has 1 aromatic rings. The summed E-state index contributed by atoms with van der Waals surface area (Å²) in [6.45, 7) is 1.37.